The van der Waals surface area contributed by atoms with Gasteiger partial charge in [-0.2, -0.15) is 13.2 Å². The first-order valence-electron chi connectivity index (χ1n) is 10.0. The van der Waals surface area contributed by atoms with Gasteiger partial charge in [-0.05, 0) is 41.0 Å². The molecule has 0 aliphatic heterocycles. The molecular formula is C25H23F3O4. The van der Waals surface area contributed by atoms with Gasteiger partial charge in [0.2, 0.25) is 0 Å². The summed E-state index contributed by atoms with van der Waals surface area (Å²) < 4.78 is 54.2. The Bertz CT molecular complexity index is 984. The van der Waals surface area contributed by atoms with Crippen LogP contribution in [0.4, 0.5) is 13.2 Å². The fraction of sp³-hybridized carbons (Fsp3) is 0.240. The van der Waals surface area contributed by atoms with Crippen LogP contribution in [0.25, 0.3) is 11.1 Å². The fourth-order valence-electron chi connectivity index (χ4n) is 2.99. The first kappa shape index (κ1) is 23.3. The van der Waals surface area contributed by atoms with E-state index in [-0.39, 0.29) is 12.2 Å². The van der Waals surface area contributed by atoms with E-state index in [4.69, 9.17) is 4.74 Å². The van der Waals surface area contributed by atoms with E-state index in [2.05, 4.69) is 9.47 Å². The second-order valence-electron chi connectivity index (χ2n) is 7.09. The SMILES string of the molecule is COCC[C@@H](OC(=O)c1ccc(-c2ccc(OCc3ccccc3)cc2)cc1)C(F)(F)F. The molecule has 32 heavy (non-hydrogen) atoms. The molecule has 0 bridgehead atoms. The molecule has 4 nitrogen and oxygen atoms in total. The third kappa shape index (κ3) is 6.59. The highest BCUT2D eigenvalue weighted by Gasteiger charge is 2.42. The summed E-state index contributed by atoms with van der Waals surface area (Å²) in [5.41, 5.74) is 2.80. The van der Waals surface area contributed by atoms with Crippen LogP contribution in [0.15, 0.2) is 78.9 Å². The first-order chi connectivity index (χ1) is 15.4. The number of hydrogen-bond acceptors (Lipinski definition) is 4. The van der Waals surface area contributed by atoms with E-state index in [1.807, 2.05) is 54.6 Å². The van der Waals surface area contributed by atoms with Crippen molar-refractivity contribution in [3.63, 3.8) is 0 Å². The van der Waals surface area contributed by atoms with Gasteiger partial charge in [0.1, 0.15) is 12.4 Å². The largest absolute Gasteiger partial charge is 0.489 e. The van der Waals surface area contributed by atoms with Gasteiger partial charge < -0.3 is 14.2 Å². The van der Waals surface area contributed by atoms with Gasteiger partial charge in [-0.15, -0.1) is 0 Å². The number of methoxy groups -OCH3 is 1. The molecule has 0 radical (unpaired) electrons. The van der Waals surface area contributed by atoms with Crippen molar-refractivity contribution in [1.29, 1.82) is 0 Å². The minimum Gasteiger partial charge on any atom is -0.489 e. The molecular weight excluding hydrogens is 421 g/mol. The maximum atomic E-state index is 13.0. The van der Waals surface area contributed by atoms with Crippen LogP contribution >= 0.6 is 0 Å². The van der Waals surface area contributed by atoms with Crippen LogP contribution in [0.2, 0.25) is 0 Å². The smallest absolute Gasteiger partial charge is 0.425 e. The summed E-state index contributed by atoms with van der Waals surface area (Å²) in [5, 5.41) is 0. The number of ether oxygens (including phenoxy) is 3. The molecule has 1 atom stereocenters. The van der Waals surface area contributed by atoms with E-state index in [1.165, 1.54) is 19.2 Å². The van der Waals surface area contributed by atoms with Crippen LogP contribution in [-0.4, -0.2) is 32.0 Å². The third-order valence-electron chi connectivity index (χ3n) is 4.76. The van der Waals surface area contributed by atoms with E-state index in [9.17, 15) is 18.0 Å². The normalized spacial score (nSPS) is 12.2. The quantitative estimate of drug-likeness (QED) is 0.377. The molecule has 0 unspecified atom stereocenters. The molecule has 0 spiro atoms. The standard InChI is InChI=1S/C25H23F3O4/c1-30-16-15-23(25(26,27)28)32-24(29)21-9-7-19(8-10-21)20-11-13-22(14-12-20)31-17-18-5-3-2-4-6-18/h2-14,23H,15-17H2,1H3/t23-/m1/s1. The van der Waals surface area contributed by atoms with E-state index < -0.39 is 24.7 Å². The van der Waals surface area contributed by atoms with Crippen LogP contribution in [0.1, 0.15) is 22.3 Å². The van der Waals surface area contributed by atoms with Crippen molar-refractivity contribution in [3.8, 4) is 16.9 Å². The number of carbonyl (C=O) groups excluding carboxylic acids is 1. The van der Waals surface area contributed by atoms with Crippen LogP contribution < -0.4 is 4.74 Å². The van der Waals surface area contributed by atoms with Gasteiger partial charge in [-0.25, -0.2) is 4.79 Å². The van der Waals surface area contributed by atoms with Crippen molar-refractivity contribution in [2.24, 2.45) is 0 Å². The van der Waals surface area contributed by atoms with Crippen molar-refractivity contribution in [1.82, 2.24) is 0 Å². The zero-order valence-corrected chi connectivity index (χ0v) is 17.5. The van der Waals surface area contributed by atoms with Crippen molar-refractivity contribution < 1.29 is 32.2 Å². The lowest BCUT2D eigenvalue weighted by atomic mass is 10.0. The molecule has 0 saturated carbocycles. The number of halogens is 3. The molecule has 3 rings (SSSR count). The molecule has 7 heteroatoms. The maximum absolute atomic E-state index is 13.0. The Balaban J connectivity index is 1.61. The van der Waals surface area contributed by atoms with Gasteiger partial charge in [-0.3, -0.25) is 0 Å². The Kier molecular flexibility index (Phi) is 7.89. The molecule has 3 aromatic rings. The molecule has 0 saturated heterocycles. The van der Waals surface area contributed by atoms with Gasteiger partial charge in [0.05, 0.1) is 12.2 Å². The van der Waals surface area contributed by atoms with E-state index in [1.54, 1.807) is 12.1 Å². The topological polar surface area (TPSA) is 44.8 Å². The highest BCUT2D eigenvalue weighted by molar-refractivity contribution is 5.90. The predicted octanol–water partition coefficient (Wildman–Crippen LogP) is 6.06. The second kappa shape index (κ2) is 10.8. The van der Waals surface area contributed by atoms with Crippen LogP contribution in [0.3, 0.4) is 0 Å². The van der Waals surface area contributed by atoms with Crippen LogP contribution in [0.5, 0.6) is 5.75 Å². The van der Waals surface area contributed by atoms with Gasteiger partial charge in [-0.1, -0.05) is 54.6 Å². The van der Waals surface area contributed by atoms with Crippen LogP contribution in [-0.2, 0) is 16.1 Å². The number of hydrogen-bond donors (Lipinski definition) is 0. The Morgan fingerprint density at radius 3 is 2.03 bits per heavy atom. The minimum absolute atomic E-state index is 0.0447. The fourth-order valence-corrected chi connectivity index (χ4v) is 2.99. The summed E-state index contributed by atoms with van der Waals surface area (Å²) in [7, 11) is 1.29. The van der Waals surface area contributed by atoms with Crippen molar-refractivity contribution in [2.45, 2.75) is 25.3 Å². The molecule has 0 aliphatic carbocycles. The Morgan fingerprint density at radius 2 is 1.47 bits per heavy atom. The lowest BCUT2D eigenvalue weighted by molar-refractivity contribution is -0.208. The Hall–Kier alpha value is -3.32. The molecule has 168 valence electrons. The van der Waals surface area contributed by atoms with Gasteiger partial charge in [0, 0.05) is 13.5 Å². The highest BCUT2D eigenvalue weighted by Crippen LogP contribution is 2.27. The summed E-state index contributed by atoms with van der Waals surface area (Å²) in [6.45, 7) is 0.293. The lowest BCUT2D eigenvalue weighted by Crippen LogP contribution is -2.34. The maximum Gasteiger partial charge on any atom is 0.425 e. The molecule has 0 heterocycles. The van der Waals surface area contributed by atoms with Crippen molar-refractivity contribution >= 4 is 5.97 Å². The van der Waals surface area contributed by atoms with Gasteiger partial charge in [0.25, 0.3) is 0 Å². The van der Waals surface area contributed by atoms with E-state index in [0.717, 1.165) is 16.7 Å². The minimum atomic E-state index is -4.65. The van der Waals surface area contributed by atoms with E-state index >= 15 is 0 Å². The first-order valence-corrected chi connectivity index (χ1v) is 10.0. The molecule has 0 N–H and O–H groups in total. The average molecular weight is 444 g/mol. The molecule has 0 aromatic heterocycles. The zero-order chi connectivity index (χ0) is 23.0. The summed E-state index contributed by atoms with van der Waals surface area (Å²) in [4.78, 5) is 12.2. The lowest BCUT2D eigenvalue weighted by Gasteiger charge is -2.20. The van der Waals surface area contributed by atoms with Crippen molar-refractivity contribution in [3.05, 3.63) is 90.0 Å². The number of rotatable bonds is 9. The summed E-state index contributed by atoms with van der Waals surface area (Å²) in [5.74, 6) is -0.313. The average Bonchev–Trinajstić information content (AvgIpc) is 2.80. The number of esters is 1. The monoisotopic (exact) mass is 444 g/mol. The highest BCUT2D eigenvalue weighted by atomic mass is 19.4. The number of alkyl halides is 3. The van der Waals surface area contributed by atoms with E-state index in [0.29, 0.717) is 12.4 Å². The molecule has 0 amide bonds. The zero-order valence-electron chi connectivity index (χ0n) is 17.5. The summed E-state index contributed by atoms with van der Waals surface area (Å²) >= 11 is 0. The molecule has 0 aliphatic rings. The molecule has 0 fully saturated rings. The second-order valence-corrected chi connectivity index (χ2v) is 7.09. The van der Waals surface area contributed by atoms with Crippen molar-refractivity contribution in [2.75, 3.05) is 13.7 Å². The predicted molar refractivity (Wildman–Crippen MR) is 114 cm³/mol. The molecule has 3 aromatic carbocycles. The van der Waals surface area contributed by atoms with Crippen LogP contribution in [0, 0.1) is 0 Å². The Morgan fingerprint density at radius 1 is 0.875 bits per heavy atom. The Labute approximate surface area is 184 Å². The summed E-state index contributed by atoms with van der Waals surface area (Å²) in [6, 6.07) is 23.4. The van der Waals surface area contributed by atoms with Gasteiger partial charge >= 0.3 is 12.1 Å². The summed E-state index contributed by atoms with van der Waals surface area (Å²) in [6.07, 6.45) is -7.32. The number of carbonyl (C=O) groups is 1. The number of benzene rings is 3. The van der Waals surface area contributed by atoms with Gasteiger partial charge in [0.15, 0.2) is 6.10 Å². The third-order valence-corrected chi connectivity index (χ3v) is 4.76.